The highest BCUT2D eigenvalue weighted by atomic mass is 32.1. The van der Waals surface area contributed by atoms with E-state index >= 15 is 0 Å². The summed E-state index contributed by atoms with van der Waals surface area (Å²) in [6, 6.07) is 2.21. The van der Waals surface area contributed by atoms with Gasteiger partial charge in [0.1, 0.15) is 0 Å². The second-order valence-electron chi connectivity index (χ2n) is 5.43. The summed E-state index contributed by atoms with van der Waals surface area (Å²) in [5.74, 6) is 0.334. The molecule has 0 atom stereocenters. The van der Waals surface area contributed by atoms with Crippen molar-refractivity contribution in [2.45, 2.75) is 19.4 Å². The summed E-state index contributed by atoms with van der Waals surface area (Å²) in [6.07, 6.45) is 1.79. The molecule has 0 unspecified atom stereocenters. The van der Waals surface area contributed by atoms with Crippen LogP contribution in [0.4, 0.5) is 0 Å². The molecule has 0 spiro atoms. The van der Waals surface area contributed by atoms with E-state index in [9.17, 15) is 4.79 Å². The number of hydrogen-bond donors (Lipinski definition) is 0. The van der Waals surface area contributed by atoms with Crippen LogP contribution in [-0.2, 0) is 11.3 Å². The standard InChI is InChI=1S/C14H21N3OS/c18-14-2-1-4-17(14)12-16-7-5-15(6-8-16)10-13-3-9-19-11-13/h3,9,11H,1-2,4-8,10,12H2. The van der Waals surface area contributed by atoms with Crippen LogP contribution >= 0.6 is 11.3 Å². The van der Waals surface area contributed by atoms with E-state index in [4.69, 9.17) is 0 Å². The smallest absolute Gasteiger partial charge is 0.223 e. The summed E-state index contributed by atoms with van der Waals surface area (Å²) in [4.78, 5) is 18.5. The third kappa shape index (κ3) is 3.35. The van der Waals surface area contributed by atoms with Crippen molar-refractivity contribution in [3.63, 3.8) is 0 Å². The van der Waals surface area contributed by atoms with Crippen molar-refractivity contribution < 1.29 is 4.79 Å². The maximum Gasteiger partial charge on any atom is 0.223 e. The number of nitrogens with zero attached hydrogens (tertiary/aromatic N) is 3. The fourth-order valence-corrected chi connectivity index (χ4v) is 3.48. The third-order valence-corrected chi connectivity index (χ3v) is 4.73. The van der Waals surface area contributed by atoms with Gasteiger partial charge in [-0.2, -0.15) is 11.3 Å². The predicted molar refractivity (Wildman–Crippen MR) is 77.0 cm³/mol. The van der Waals surface area contributed by atoms with Crippen LogP contribution in [0.1, 0.15) is 18.4 Å². The van der Waals surface area contributed by atoms with Gasteiger partial charge in [0, 0.05) is 45.7 Å². The number of likely N-dealkylation sites (tertiary alicyclic amines) is 1. The topological polar surface area (TPSA) is 26.8 Å². The molecule has 2 saturated heterocycles. The van der Waals surface area contributed by atoms with E-state index in [-0.39, 0.29) is 0 Å². The average Bonchev–Trinajstić information content (AvgIpc) is 3.05. The minimum atomic E-state index is 0.334. The normalized spacial score (nSPS) is 22.3. The summed E-state index contributed by atoms with van der Waals surface area (Å²) in [6.45, 7) is 7.23. The van der Waals surface area contributed by atoms with Crippen molar-refractivity contribution in [3.05, 3.63) is 22.4 Å². The van der Waals surface area contributed by atoms with Crippen molar-refractivity contribution in [2.75, 3.05) is 39.4 Å². The quantitative estimate of drug-likeness (QED) is 0.834. The van der Waals surface area contributed by atoms with Crippen LogP contribution in [0.5, 0.6) is 0 Å². The van der Waals surface area contributed by atoms with Crippen LogP contribution in [0.2, 0.25) is 0 Å². The lowest BCUT2D eigenvalue weighted by Crippen LogP contribution is -2.49. The molecule has 2 aliphatic heterocycles. The van der Waals surface area contributed by atoms with Gasteiger partial charge in [-0.1, -0.05) is 0 Å². The molecule has 3 heterocycles. The Kier molecular flexibility index (Phi) is 4.15. The Bertz CT molecular complexity index is 412. The summed E-state index contributed by atoms with van der Waals surface area (Å²) >= 11 is 1.77. The Morgan fingerprint density at radius 3 is 2.53 bits per heavy atom. The summed E-state index contributed by atoms with van der Waals surface area (Å²) < 4.78 is 0. The molecular formula is C14H21N3OS. The van der Waals surface area contributed by atoms with Gasteiger partial charge in [-0.25, -0.2) is 0 Å². The number of amides is 1. The summed E-state index contributed by atoms with van der Waals surface area (Å²) in [7, 11) is 0. The Labute approximate surface area is 118 Å². The zero-order valence-electron chi connectivity index (χ0n) is 11.3. The lowest BCUT2D eigenvalue weighted by atomic mass is 10.2. The summed E-state index contributed by atoms with van der Waals surface area (Å²) in [5.41, 5.74) is 1.42. The van der Waals surface area contributed by atoms with Gasteiger partial charge in [-0.05, 0) is 28.8 Å². The van der Waals surface area contributed by atoms with E-state index in [2.05, 4.69) is 26.6 Å². The van der Waals surface area contributed by atoms with E-state index < -0.39 is 0 Å². The number of piperazine rings is 1. The summed E-state index contributed by atoms with van der Waals surface area (Å²) in [5, 5.41) is 4.37. The van der Waals surface area contributed by atoms with Gasteiger partial charge in [-0.15, -0.1) is 0 Å². The SMILES string of the molecule is O=C1CCCN1CN1CCN(Cc2ccsc2)CC1. The first-order valence-corrected chi connectivity index (χ1v) is 7.99. The molecule has 0 aliphatic carbocycles. The second-order valence-corrected chi connectivity index (χ2v) is 6.21. The van der Waals surface area contributed by atoms with Crippen molar-refractivity contribution >= 4 is 17.2 Å². The average molecular weight is 279 g/mol. The Balaban J connectivity index is 1.43. The maximum absolute atomic E-state index is 11.6. The van der Waals surface area contributed by atoms with E-state index in [1.165, 1.54) is 5.56 Å². The number of rotatable bonds is 4. The van der Waals surface area contributed by atoms with Crippen molar-refractivity contribution in [3.8, 4) is 0 Å². The Morgan fingerprint density at radius 1 is 1.11 bits per heavy atom. The second kappa shape index (κ2) is 6.03. The van der Waals surface area contributed by atoms with E-state index in [0.29, 0.717) is 5.91 Å². The monoisotopic (exact) mass is 279 g/mol. The molecule has 104 valence electrons. The Hall–Kier alpha value is -0.910. The van der Waals surface area contributed by atoms with Gasteiger partial charge in [0.2, 0.25) is 5.91 Å². The molecule has 19 heavy (non-hydrogen) atoms. The molecular weight excluding hydrogens is 258 g/mol. The molecule has 4 nitrogen and oxygen atoms in total. The first-order valence-electron chi connectivity index (χ1n) is 7.05. The molecule has 0 bridgehead atoms. The van der Waals surface area contributed by atoms with Gasteiger partial charge in [0.15, 0.2) is 0 Å². The first kappa shape index (κ1) is 13.1. The van der Waals surface area contributed by atoms with E-state index in [0.717, 1.165) is 58.8 Å². The van der Waals surface area contributed by atoms with Crippen LogP contribution < -0.4 is 0 Å². The minimum absolute atomic E-state index is 0.334. The molecule has 0 aromatic carbocycles. The molecule has 2 fully saturated rings. The number of carbonyl (C=O) groups is 1. The molecule has 0 radical (unpaired) electrons. The maximum atomic E-state index is 11.6. The van der Waals surface area contributed by atoms with Gasteiger partial charge in [0.25, 0.3) is 0 Å². The van der Waals surface area contributed by atoms with Crippen LogP contribution in [0.3, 0.4) is 0 Å². The molecule has 0 N–H and O–H groups in total. The van der Waals surface area contributed by atoms with Gasteiger partial charge in [0.05, 0.1) is 6.67 Å². The van der Waals surface area contributed by atoms with Crippen molar-refractivity contribution in [2.24, 2.45) is 0 Å². The first-order chi connectivity index (χ1) is 9.31. The van der Waals surface area contributed by atoms with Crippen LogP contribution in [0, 0.1) is 0 Å². The largest absolute Gasteiger partial charge is 0.330 e. The molecule has 1 aromatic heterocycles. The molecule has 0 saturated carbocycles. The van der Waals surface area contributed by atoms with E-state index in [1.807, 2.05) is 4.90 Å². The van der Waals surface area contributed by atoms with Gasteiger partial charge >= 0.3 is 0 Å². The molecule has 1 aromatic rings. The van der Waals surface area contributed by atoms with Crippen LogP contribution in [0.15, 0.2) is 16.8 Å². The number of hydrogen-bond acceptors (Lipinski definition) is 4. The highest BCUT2D eigenvalue weighted by Gasteiger charge is 2.24. The fraction of sp³-hybridized carbons (Fsp3) is 0.643. The van der Waals surface area contributed by atoms with Crippen LogP contribution in [-0.4, -0.2) is 60.0 Å². The molecule has 3 rings (SSSR count). The molecule has 2 aliphatic rings. The van der Waals surface area contributed by atoms with Crippen molar-refractivity contribution in [1.82, 2.24) is 14.7 Å². The predicted octanol–water partition coefficient (Wildman–Crippen LogP) is 1.45. The fourth-order valence-electron chi connectivity index (χ4n) is 2.82. The Morgan fingerprint density at radius 2 is 1.89 bits per heavy atom. The highest BCUT2D eigenvalue weighted by Crippen LogP contribution is 2.14. The zero-order chi connectivity index (χ0) is 13.1. The minimum Gasteiger partial charge on any atom is -0.330 e. The van der Waals surface area contributed by atoms with Gasteiger partial charge < -0.3 is 4.90 Å². The zero-order valence-corrected chi connectivity index (χ0v) is 12.1. The number of carbonyl (C=O) groups excluding carboxylic acids is 1. The van der Waals surface area contributed by atoms with Gasteiger partial charge in [-0.3, -0.25) is 14.6 Å². The lowest BCUT2D eigenvalue weighted by molar-refractivity contribution is -0.129. The third-order valence-electron chi connectivity index (χ3n) is 3.99. The lowest BCUT2D eigenvalue weighted by Gasteiger charge is -2.36. The molecule has 5 heteroatoms. The van der Waals surface area contributed by atoms with Crippen molar-refractivity contribution in [1.29, 1.82) is 0 Å². The van der Waals surface area contributed by atoms with Crippen LogP contribution in [0.25, 0.3) is 0 Å². The number of thiophene rings is 1. The van der Waals surface area contributed by atoms with E-state index in [1.54, 1.807) is 11.3 Å². The molecule has 1 amide bonds. The highest BCUT2D eigenvalue weighted by molar-refractivity contribution is 7.07.